The quantitative estimate of drug-likeness (QED) is 0.921. The summed E-state index contributed by atoms with van der Waals surface area (Å²) >= 11 is 6.18. The third kappa shape index (κ3) is 2.71. The van der Waals surface area contributed by atoms with E-state index in [9.17, 15) is 0 Å². The Morgan fingerprint density at radius 2 is 2.28 bits per heavy atom. The van der Waals surface area contributed by atoms with Crippen molar-refractivity contribution in [1.82, 2.24) is 20.1 Å². The van der Waals surface area contributed by atoms with E-state index in [0.717, 1.165) is 17.7 Å². The summed E-state index contributed by atoms with van der Waals surface area (Å²) in [6.07, 6.45) is 4.29. The number of aromatic nitrogens is 3. The monoisotopic (exact) mass is 264 g/mol. The fourth-order valence-electron chi connectivity index (χ4n) is 2.10. The Morgan fingerprint density at radius 3 is 2.83 bits per heavy atom. The lowest BCUT2D eigenvalue weighted by molar-refractivity contribution is 0.561. The van der Waals surface area contributed by atoms with Gasteiger partial charge in [0.1, 0.15) is 0 Å². The van der Waals surface area contributed by atoms with Crippen LogP contribution in [-0.2, 0) is 13.5 Å². The highest BCUT2D eigenvalue weighted by molar-refractivity contribution is 6.31. The maximum Gasteiger partial charge on any atom is 0.0637 e. The molecule has 0 aliphatic carbocycles. The van der Waals surface area contributed by atoms with E-state index in [2.05, 4.69) is 21.5 Å². The van der Waals surface area contributed by atoms with Crippen molar-refractivity contribution in [3.63, 3.8) is 0 Å². The Bertz CT molecular complexity index is 536. The van der Waals surface area contributed by atoms with E-state index in [1.807, 2.05) is 31.8 Å². The summed E-state index contributed by atoms with van der Waals surface area (Å²) in [5.74, 6) is 0. The SMILES string of the molecule is CNC(Cc1cc(C)nn1C)c1ccncc1Cl. The van der Waals surface area contributed by atoms with Crippen LogP contribution in [0.1, 0.15) is 23.0 Å². The topological polar surface area (TPSA) is 42.7 Å². The van der Waals surface area contributed by atoms with Gasteiger partial charge in [-0.2, -0.15) is 5.10 Å². The molecule has 2 heterocycles. The average Bonchev–Trinajstić information content (AvgIpc) is 2.66. The molecule has 0 amide bonds. The molecule has 0 bridgehead atoms. The molecule has 2 aromatic rings. The highest BCUT2D eigenvalue weighted by atomic mass is 35.5. The highest BCUT2D eigenvalue weighted by Gasteiger charge is 2.15. The van der Waals surface area contributed by atoms with Gasteiger partial charge in [-0.15, -0.1) is 0 Å². The molecule has 18 heavy (non-hydrogen) atoms. The summed E-state index contributed by atoms with van der Waals surface area (Å²) in [6, 6.07) is 4.21. The second-order valence-electron chi connectivity index (χ2n) is 4.34. The lowest BCUT2D eigenvalue weighted by Gasteiger charge is -2.17. The van der Waals surface area contributed by atoms with E-state index in [0.29, 0.717) is 5.02 Å². The van der Waals surface area contributed by atoms with Gasteiger partial charge in [-0.05, 0) is 31.7 Å². The summed E-state index contributed by atoms with van der Waals surface area (Å²) in [5, 5.41) is 8.34. The van der Waals surface area contributed by atoms with Crippen LogP contribution in [0.3, 0.4) is 0 Å². The summed E-state index contributed by atoms with van der Waals surface area (Å²) in [4.78, 5) is 4.01. The third-order valence-electron chi connectivity index (χ3n) is 3.04. The van der Waals surface area contributed by atoms with Crippen molar-refractivity contribution < 1.29 is 0 Å². The summed E-state index contributed by atoms with van der Waals surface area (Å²) in [7, 11) is 3.90. The van der Waals surface area contributed by atoms with Gasteiger partial charge in [0.2, 0.25) is 0 Å². The average molecular weight is 265 g/mol. The Balaban J connectivity index is 2.25. The second kappa shape index (κ2) is 5.50. The van der Waals surface area contributed by atoms with Crippen LogP contribution in [0.2, 0.25) is 5.02 Å². The van der Waals surface area contributed by atoms with E-state index >= 15 is 0 Å². The third-order valence-corrected chi connectivity index (χ3v) is 3.36. The van der Waals surface area contributed by atoms with E-state index in [4.69, 9.17) is 11.6 Å². The lowest BCUT2D eigenvalue weighted by atomic mass is 10.0. The number of hydrogen-bond donors (Lipinski definition) is 1. The van der Waals surface area contributed by atoms with Crippen LogP contribution < -0.4 is 5.32 Å². The van der Waals surface area contributed by atoms with Crippen LogP contribution in [0.25, 0.3) is 0 Å². The van der Waals surface area contributed by atoms with Gasteiger partial charge in [0, 0.05) is 37.6 Å². The second-order valence-corrected chi connectivity index (χ2v) is 4.75. The predicted molar refractivity (Wildman–Crippen MR) is 72.7 cm³/mol. The van der Waals surface area contributed by atoms with Gasteiger partial charge in [0.05, 0.1) is 10.7 Å². The predicted octanol–water partition coefficient (Wildman–Crippen LogP) is 2.28. The summed E-state index contributed by atoms with van der Waals surface area (Å²) in [5.41, 5.74) is 3.27. The molecule has 1 N–H and O–H groups in total. The number of pyridine rings is 1. The molecule has 5 heteroatoms. The van der Waals surface area contributed by atoms with Crippen LogP contribution in [0.4, 0.5) is 0 Å². The smallest absolute Gasteiger partial charge is 0.0637 e. The van der Waals surface area contributed by atoms with E-state index < -0.39 is 0 Å². The minimum absolute atomic E-state index is 0.162. The zero-order chi connectivity index (χ0) is 13.1. The number of nitrogens with one attached hydrogen (secondary N) is 1. The number of rotatable bonds is 4. The zero-order valence-corrected chi connectivity index (χ0v) is 11.6. The first-order valence-corrected chi connectivity index (χ1v) is 6.25. The van der Waals surface area contributed by atoms with Gasteiger partial charge >= 0.3 is 0 Å². The molecule has 1 unspecified atom stereocenters. The van der Waals surface area contributed by atoms with E-state index in [1.54, 1.807) is 12.4 Å². The van der Waals surface area contributed by atoms with Gasteiger partial charge in [-0.25, -0.2) is 0 Å². The van der Waals surface area contributed by atoms with Crippen LogP contribution in [0, 0.1) is 6.92 Å². The molecule has 0 fully saturated rings. The lowest BCUT2D eigenvalue weighted by Crippen LogP contribution is -2.20. The largest absolute Gasteiger partial charge is 0.313 e. The maximum absolute atomic E-state index is 6.18. The van der Waals surface area contributed by atoms with Crippen LogP contribution >= 0.6 is 11.6 Å². The number of nitrogens with zero attached hydrogens (tertiary/aromatic N) is 3. The Morgan fingerprint density at radius 1 is 1.50 bits per heavy atom. The van der Waals surface area contributed by atoms with Crippen LogP contribution in [0.15, 0.2) is 24.5 Å². The van der Waals surface area contributed by atoms with Crippen molar-refractivity contribution in [1.29, 1.82) is 0 Å². The summed E-state index contributed by atoms with van der Waals surface area (Å²) in [6.45, 7) is 2.00. The van der Waals surface area contributed by atoms with E-state index in [-0.39, 0.29) is 6.04 Å². The van der Waals surface area contributed by atoms with Gasteiger partial charge in [0.25, 0.3) is 0 Å². The van der Waals surface area contributed by atoms with Crippen molar-refractivity contribution in [2.75, 3.05) is 7.05 Å². The van der Waals surface area contributed by atoms with Gasteiger partial charge in [-0.3, -0.25) is 9.67 Å². The van der Waals surface area contributed by atoms with Gasteiger partial charge in [0.15, 0.2) is 0 Å². The number of hydrogen-bond acceptors (Lipinski definition) is 3. The fraction of sp³-hybridized carbons (Fsp3) is 0.385. The molecule has 1 atom stereocenters. The first-order chi connectivity index (χ1) is 8.61. The normalized spacial score (nSPS) is 12.7. The number of halogens is 1. The van der Waals surface area contributed by atoms with Crippen LogP contribution in [-0.4, -0.2) is 21.8 Å². The molecular formula is C13H17ClN4. The Hall–Kier alpha value is -1.39. The number of likely N-dealkylation sites (N-methyl/N-ethyl adjacent to an activating group) is 1. The van der Waals surface area contributed by atoms with Crippen molar-refractivity contribution in [3.05, 3.63) is 46.5 Å². The molecule has 2 rings (SSSR count). The Kier molecular flexibility index (Phi) is 3.99. The van der Waals surface area contributed by atoms with Crippen molar-refractivity contribution in [2.45, 2.75) is 19.4 Å². The molecular weight excluding hydrogens is 248 g/mol. The van der Waals surface area contributed by atoms with Crippen LogP contribution in [0.5, 0.6) is 0 Å². The van der Waals surface area contributed by atoms with E-state index in [1.165, 1.54) is 5.69 Å². The molecule has 0 aliphatic rings. The molecule has 4 nitrogen and oxygen atoms in total. The Labute approximate surface area is 112 Å². The first-order valence-electron chi connectivity index (χ1n) is 5.88. The minimum atomic E-state index is 0.162. The van der Waals surface area contributed by atoms with Gasteiger partial charge in [-0.1, -0.05) is 11.6 Å². The first kappa shape index (κ1) is 13.1. The molecule has 0 aliphatic heterocycles. The maximum atomic E-state index is 6.18. The molecule has 96 valence electrons. The molecule has 0 radical (unpaired) electrons. The number of aryl methyl sites for hydroxylation is 2. The van der Waals surface area contributed by atoms with Crippen molar-refractivity contribution >= 4 is 11.6 Å². The molecule has 0 spiro atoms. The highest BCUT2D eigenvalue weighted by Crippen LogP contribution is 2.24. The molecule has 0 aromatic carbocycles. The molecule has 0 saturated heterocycles. The standard InChI is InChI=1S/C13H17ClN4/c1-9-6-10(18(3)17-9)7-13(15-2)11-4-5-16-8-12(11)14/h4-6,8,13,15H,7H2,1-3H3. The zero-order valence-electron chi connectivity index (χ0n) is 10.8. The van der Waals surface area contributed by atoms with Gasteiger partial charge < -0.3 is 5.32 Å². The summed E-state index contributed by atoms with van der Waals surface area (Å²) < 4.78 is 1.91. The van der Waals surface area contributed by atoms with Crippen molar-refractivity contribution in [3.8, 4) is 0 Å². The fourth-order valence-corrected chi connectivity index (χ4v) is 2.35. The molecule has 0 saturated carbocycles. The minimum Gasteiger partial charge on any atom is -0.313 e. The van der Waals surface area contributed by atoms with Crippen molar-refractivity contribution in [2.24, 2.45) is 7.05 Å². The molecule has 2 aromatic heterocycles.